The Hall–Kier alpha value is -3.32. The molecule has 0 bridgehead atoms. The van der Waals surface area contributed by atoms with E-state index in [0.717, 1.165) is 18.8 Å². The van der Waals surface area contributed by atoms with Crippen molar-refractivity contribution in [2.24, 2.45) is 10.2 Å². The molecule has 7 nitrogen and oxygen atoms in total. The van der Waals surface area contributed by atoms with E-state index in [0.29, 0.717) is 23.6 Å². The number of nitrogens with zero attached hydrogens (tertiary/aromatic N) is 3. The van der Waals surface area contributed by atoms with Gasteiger partial charge in [0.2, 0.25) is 11.8 Å². The fourth-order valence-electron chi connectivity index (χ4n) is 2.38. The molecule has 0 aliphatic rings. The van der Waals surface area contributed by atoms with Crippen LogP contribution in [0.1, 0.15) is 13.8 Å². The van der Waals surface area contributed by atoms with Crippen LogP contribution in [0.25, 0.3) is 0 Å². The van der Waals surface area contributed by atoms with E-state index in [9.17, 15) is 9.59 Å². The van der Waals surface area contributed by atoms with Crippen molar-refractivity contribution in [2.45, 2.75) is 13.8 Å². The summed E-state index contributed by atoms with van der Waals surface area (Å²) in [6, 6.07) is 14.2. The topological polar surface area (TPSA) is 86.2 Å². The lowest BCUT2D eigenvalue weighted by atomic mass is 10.3. The number of benzene rings is 2. The first kappa shape index (κ1) is 21.0. The Bertz CT molecular complexity index is 825. The zero-order valence-electron chi connectivity index (χ0n) is 16.2. The van der Waals surface area contributed by atoms with Crippen LogP contribution in [0.15, 0.2) is 71.4 Å². The van der Waals surface area contributed by atoms with Gasteiger partial charge >= 0.3 is 0 Å². The fourth-order valence-corrected chi connectivity index (χ4v) is 2.38. The summed E-state index contributed by atoms with van der Waals surface area (Å²) in [5, 5.41) is 13.9. The second kappa shape index (κ2) is 10.7. The van der Waals surface area contributed by atoms with Crippen LogP contribution in [-0.4, -0.2) is 36.3 Å². The molecule has 2 aromatic rings. The Labute approximate surface area is 165 Å². The summed E-state index contributed by atoms with van der Waals surface area (Å²) >= 11 is 0. The fraction of sp³-hybridized carbons (Fsp3) is 0.238. The lowest BCUT2D eigenvalue weighted by Crippen LogP contribution is -2.32. The first-order valence-corrected chi connectivity index (χ1v) is 9.11. The van der Waals surface area contributed by atoms with Gasteiger partial charge in [-0.25, -0.2) is 0 Å². The molecule has 0 fully saturated rings. The highest BCUT2D eigenvalue weighted by molar-refractivity contribution is 5.98. The molecule has 2 aromatic carbocycles. The number of nitrogens with one attached hydrogen (secondary N) is 2. The zero-order chi connectivity index (χ0) is 20.4. The predicted molar refractivity (Wildman–Crippen MR) is 112 cm³/mol. The van der Waals surface area contributed by atoms with Gasteiger partial charge in [-0.2, -0.15) is 10.2 Å². The van der Waals surface area contributed by atoms with E-state index in [4.69, 9.17) is 0 Å². The van der Waals surface area contributed by atoms with Gasteiger partial charge < -0.3 is 10.6 Å². The molecule has 0 aliphatic heterocycles. The third-order valence-corrected chi connectivity index (χ3v) is 4.01. The van der Waals surface area contributed by atoms with Crippen LogP contribution in [0.3, 0.4) is 0 Å². The zero-order valence-corrected chi connectivity index (χ0v) is 16.2. The van der Waals surface area contributed by atoms with Gasteiger partial charge in [-0.1, -0.05) is 20.4 Å². The number of carbonyl (C=O) groups is 2. The molecule has 2 rings (SSSR count). The lowest BCUT2D eigenvalue weighted by molar-refractivity contribution is -0.117. The van der Waals surface area contributed by atoms with E-state index in [-0.39, 0.29) is 11.8 Å². The monoisotopic (exact) mass is 379 g/mol. The molecule has 0 spiro atoms. The number of azo groups is 1. The Morgan fingerprint density at radius 3 is 1.79 bits per heavy atom. The molecule has 2 N–H and O–H groups in total. The summed E-state index contributed by atoms with van der Waals surface area (Å²) in [5.74, 6) is -0.305. The number of carbonyl (C=O) groups excluding carboxylic acids is 2. The minimum atomic E-state index is -0.265. The minimum Gasteiger partial charge on any atom is -0.325 e. The molecule has 0 unspecified atom stereocenters. The van der Waals surface area contributed by atoms with Crippen molar-refractivity contribution in [1.82, 2.24) is 4.90 Å². The predicted octanol–water partition coefficient (Wildman–Crippen LogP) is 4.51. The Kier molecular flexibility index (Phi) is 8.05. The summed E-state index contributed by atoms with van der Waals surface area (Å²) in [5.41, 5.74) is 2.71. The van der Waals surface area contributed by atoms with E-state index in [2.05, 4.69) is 27.4 Å². The minimum absolute atomic E-state index is 0.0401. The third kappa shape index (κ3) is 6.77. The van der Waals surface area contributed by atoms with E-state index in [1.54, 1.807) is 48.5 Å². The van der Waals surface area contributed by atoms with Gasteiger partial charge in [0.25, 0.3) is 0 Å². The van der Waals surface area contributed by atoms with Crippen LogP contribution in [0.4, 0.5) is 22.7 Å². The Morgan fingerprint density at radius 2 is 1.36 bits per heavy atom. The van der Waals surface area contributed by atoms with Crippen molar-refractivity contribution in [2.75, 3.05) is 30.3 Å². The van der Waals surface area contributed by atoms with Crippen LogP contribution in [0.2, 0.25) is 0 Å². The van der Waals surface area contributed by atoms with Gasteiger partial charge in [0.05, 0.1) is 17.9 Å². The van der Waals surface area contributed by atoms with Crippen LogP contribution in [0.5, 0.6) is 0 Å². The first-order valence-electron chi connectivity index (χ1n) is 9.11. The second-order valence-electron chi connectivity index (χ2n) is 6.00. The van der Waals surface area contributed by atoms with Crippen LogP contribution in [0, 0.1) is 0 Å². The summed E-state index contributed by atoms with van der Waals surface area (Å²) in [7, 11) is 0. The molecule has 0 radical (unpaired) electrons. The van der Waals surface area contributed by atoms with Gasteiger partial charge in [-0.15, -0.1) is 0 Å². The average Bonchev–Trinajstić information content (AvgIpc) is 2.72. The quantitative estimate of drug-likeness (QED) is 0.496. The molecule has 0 atom stereocenters. The molecule has 0 aliphatic carbocycles. The molecular weight excluding hydrogens is 354 g/mol. The summed E-state index contributed by atoms with van der Waals surface area (Å²) < 4.78 is 0. The number of rotatable bonds is 9. The molecule has 0 heterocycles. The highest BCUT2D eigenvalue weighted by atomic mass is 16.2. The molecule has 2 amide bonds. The van der Waals surface area contributed by atoms with Gasteiger partial charge in [0.1, 0.15) is 0 Å². The van der Waals surface area contributed by atoms with E-state index in [1.807, 2.05) is 18.7 Å². The molecule has 146 valence electrons. The van der Waals surface area contributed by atoms with E-state index in [1.165, 1.54) is 6.08 Å². The van der Waals surface area contributed by atoms with Crippen LogP contribution in [-0.2, 0) is 9.59 Å². The van der Waals surface area contributed by atoms with Crippen molar-refractivity contribution in [3.8, 4) is 0 Å². The SMILES string of the molecule is C=CC(=O)Nc1ccc(N=Nc2ccc(NC(=O)CN(CC)CC)cc2)cc1. The van der Waals surface area contributed by atoms with Crippen molar-refractivity contribution < 1.29 is 9.59 Å². The molecule has 7 heteroatoms. The van der Waals surface area contributed by atoms with Crippen molar-refractivity contribution in [3.63, 3.8) is 0 Å². The largest absolute Gasteiger partial charge is 0.325 e. The van der Waals surface area contributed by atoms with Gasteiger partial charge in [-0.3, -0.25) is 14.5 Å². The molecule has 28 heavy (non-hydrogen) atoms. The number of anilines is 2. The third-order valence-electron chi connectivity index (χ3n) is 4.01. The Morgan fingerprint density at radius 1 is 0.893 bits per heavy atom. The number of hydrogen-bond acceptors (Lipinski definition) is 5. The number of amides is 2. The smallest absolute Gasteiger partial charge is 0.247 e. The lowest BCUT2D eigenvalue weighted by Gasteiger charge is -2.17. The summed E-state index contributed by atoms with van der Waals surface area (Å²) in [6.45, 7) is 9.52. The maximum atomic E-state index is 12.0. The normalized spacial score (nSPS) is 10.8. The Balaban J connectivity index is 1.92. The first-order chi connectivity index (χ1) is 13.5. The standard InChI is InChI=1S/C21H25N5O2/c1-4-20(27)22-16-7-11-18(12-8-16)24-25-19-13-9-17(10-14-19)23-21(28)15-26(5-2)6-3/h4,7-14H,1,5-6,15H2,2-3H3,(H,22,27)(H,23,28). The van der Waals surface area contributed by atoms with Crippen molar-refractivity contribution in [1.29, 1.82) is 0 Å². The van der Waals surface area contributed by atoms with Crippen molar-refractivity contribution in [3.05, 3.63) is 61.2 Å². The van der Waals surface area contributed by atoms with E-state index < -0.39 is 0 Å². The average molecular weight is 379 g/mol. The van der Waals surface area contributed by atoms with Gasteiger partial charge in [0, 0.05) is 11.4 Å². The summed E-state index contributed by atoms with van der Waals surface area (Å²) in [4.78, 5) is 25.3. The number of likely N-dealkylation sites (N-methyl/N-ethyl adjacent to an activating group) is 1. The molecule has 0 saturated carbocycles. The second-order valence-corrected chi connectivity index (χ2v) is 6.00. The number of hydrogen-bond donors (Lipinski definition) is 2. The highest BCUT2D eigenvalue weighted by Gasteiger charge is 2.07. The van der Waals surface area contributed by atoms with Gasteiger partial charge in [0.15, 0.2) is 0 Å². The maximum Gasteiger partial charge on any atom is 0.247 e. The molecule has 0 saturated heterocycles. The summed E-state index contributed by atoms with van der Waals surface area (Å²) in [6.07, 6.45) is 1.21. The van der Waals surface area contributed by atoms with Gasteiger partial charge in [-0.05, 0) is 67.7 Å². The van der Waals surface area contributed by atoms with E-state index >= 15 is 0 Å². The molecule has 0 aromatic heterocycles. The highest BCUT2D eigenvalue weighted by Crippen LogP contribution is 2.21. The molecular formula is C21H25N5O2. The van der Waals surface area contributed by atoms with Crippen molar-refractivity contribution >= 4 is 34.6 Å². The van der Waals surface area contributed by atoms with Crippen LogP contribution >= 0.6 is 0 Å². The van der Waals surface area contributed by atoms with Crippen LogP contribution < -0.4 is 10.6 Å². The maximum absolute atomic E-state index is 12.0.